The van der Waals surface area contributed by atoms with E-state index >= 15 is 0 Å². The number of thiazole rings is 1. The summed E-state index contributed by atoms with van der Waals surface area (Å²) >= 11 is 4.99. The van der Waals surface area contributed by atoms with Crippen LogP contribution in [0.3, 0.4) is 0 Å². The molecule has 1 atom stereocenters. The molecule has 1 aromatic heterocycles. The lowest BCUT2D eigenvalue weighted by atomic mass is 10.00. The number of nitrogens with zero attached hydrogens (tertiary/aromatic N) is 1. The highest BCUT2D eigenvalue weighted by atomic mass is 79.9. The summed E-state index contributed by atoms with van der Waals surface area (Å²) in [4.78, 5) is 4.30. The molecule has 0 bridgehead atoms. The second-order valence-corrected chi connectivity index (χ2v) is 5.24. The zero-order chi connectivity index (χ0) is 9.80. The number of halogens is 1. The summed E-state index contributed by atoms with van der Waals surface area (Å²) in [5.74, 6) is 0.756. The van der Waals surface area contributed by atoms with E-state index in [0.717, 1.165) is 28.7 Å². The van der Waals surface area contributed by atoms with Crippen LogP contribution in [0.2, 0.25) is 0 Å². The van der Waals surface area contributed by atoms with E-state index in [2.05, 4.69) is 31.5 Å². The number of hydrogen-bond acceptors (Lipinski definition) is 4. The summed E-state index contributed by atoms with van der Waals surface area (Å²) in [7, 11) is 0. The monoisotopic (exact) mass is 275 g/mol. The first kappa shape index (κ1) is 10.4. The normalized spacial score (nSPS) is 22.2. The molecule has 1 unspecified atom stereocenters. The first-order chi connectivity index (χ1) is 6.84. The fraction of sp³-hybridized carbons (Fsp3) is 0.667. The third-order valence-corrected chi connectivity index (χ3v) is 3.93. The fourth-order valence-electron chi connectivity index (χ4n) is 1.67. The van der Waals surface area contributed by atoms with Crippen LogP contribution in [-0.4, -0.2) is 24.6 Å². The van der Waals surface area contributed by atoms with Gasteiger partial charge in [-0.15, -0.1) is 11.3 Å². The van der Waals surface area contributed by atoms with Crippen LogP contribution in [0.15, 0.2) is 9.98 Å². The Morgan fingerprint density at radius 1 is 1.71 bits per heavy atom. The van der Waals surface area contributed by atoms with Crippen LogP contribution in [-0.2, 0) is 0 Å². The van der Waals surface area contributed by atoms with Crippen LogP contribution >= 0.6 is 27.3 Å². The lowest BCUT2D eigenvalue weighted by Gasteiger charge is -2.22. The van der Waals surface area contributed by atoms with Crippen molar-refractivity contribution >= 4 is 32.4 Å². The van der Waals surface area contributed by atoms with Crippen LogP contribution < -0.4 is 10.6 Å². The van der Waals surface area contributed by atoms with Crippen LogP contribution in [0.4, 0.5) is 5.13 Å². The predicted octanol–water partition coefficient (Wildman–Crippen LogP) is 2.32. The van der Waals surface area contributed by atoms with Crippen molar-refractivity contribution in [3.05, 3.63) is 9.98 Å². The van der Waals surface area contributed by atoms with Gasteiger partial charge in [-0.3, -0.25) is 0 Å². The van der Waals surface area contributed by atoms with Gasteiger partial charge in [0.1, 0.15) is 4.60 Å². The Bertz CT molecular complexity index is 283. The molecular weight excluding hydrogens is 262 g/mol. The zero-order valence-electron chi connectivity index (χ0n) is 7.92. The van der Waals surface area contributed by atoms with Gasteiger partial charge in [0.15, 0.2) is 5.13 Å². The average Bonchev–Trinajstić information content (AvgIpc) is 2.63. The molecule has 2 heterocycles. The van der Waals surface area contributed by atoms with E-state index in [0.29, 0.717) is 0 Å². The number of aromatic nitrogens is 1. The largest absolute Gasteiger partial charge is 0.361 e. The van der Waals surface area contributed by atoms with Crippen molar-refractivity contribution in [3.8, 4) is 0 Å². The molecule has 2 N–H and O–H groups in total. The van der Waals surface area contributed by atoms with Crippen molar-refractivity contribution in [2.24, 2.45) is 5.92 Å². The number of hydrogen-bond donors (Lipinski definition) is 2. The average molecular weight is 276 g/mol. The Balaban J connectivity index is 1.76. The van der Waals surface area contributed by atoms with Gasteiger partial charge in [-0.1, -0.05) is 0 Å². The molecule has 0 radical (unpaired) electrons. The first-order valence-corrected chi connectivity index (χ1v) is 6.57. The van der Waals surface area contributed by atoms with E-state index in [4.69, 9.17) is 0 Å². The van der Waals surface area contributed by atoms with Crippen molar-refractivity contribution in [1.29, 1.82) is 0 Å². The molecule has 2 rings (SSSR count). The number of rotatable bonds is 3. The molecule has 1 saturated heterocycles. The summed E-state index contributed by atoms with van der Waals surface area (Å²) in [6.45, 7) is 3.35. The second kappa shape index (κ2) is 5.09. The zero-order valence-corrected chi connectivity index (χ0v) is 10.3. The second-order valence-electron chi connectivity index (χ2n) is 3.57. The molecule has 0 saturated carbocycles. The minimum absolute atomic E-state index is 0.756. The highest BCUT2D eigenvalue weighted by Gasteiger charge is 2.12. The van der Waals surface area contributed by atoms with Crippen molar-refractivity contribution < 1.29 is 0 Å². The summed E-state index contributed by atoms with van der Waals surface area (Å²) in [5, 5.41) is 9.80. The van der Waals surface area contributed by atoms with Gasteiger partial charge in [-0.2, -0.15) is 0 Å². The Kier molecular flexibility index (Phi) is 3.78. The van der Waals surface area contributed by atoms with E-state index in [1.165, 1.54) is 19.4 Å². The fourth-order valence-corrected chi connectivity index (χ4v) is 2.82. The smallest absolute Gasteiger partial charge is 0.183 e. The highest BCUT2D eigenvalue weighted by Crippen LogP contribution is 2.20. The van der Waals surface area contributed by atoms with Gasteiger partial charge in [-0.25, -0.2) is 4.98 Å². The van der Waals surface area contributed by atoms with Crippen molar-refractivity contribution in [2.75, 3.05) is 25.0 Å². The lowest BCUT2D eigenvalue weighted by Crippen LogP contribution is -2.33. The van der Waals surface area contributed by atoms with Crippen LogP contribution in [0.25, 0.3) is 0 Å². The Hall–Kier alpha value is -0.130. The summed E-state index contributed by atoms with van der Waals surface area (Å²) in [6.07, 6.45) is 2.63. The maximum absolute atomic E-state index is 4.30. The lowest BCUT2D eigenvalue weighted by molar-refractivity contribution is 0.393. The van der Waals surface area contributed by atoms with Crippen molar-refractivity contribution in [1.82, 2.24) is 10.3 Å². The van der Waals surface area contributed by atoms with Crippen LogP contribution in [0.1, 0.15) is 12.8 Å². The molecule has 1 aliphatic heterocycles. The van der Waals surface area contributed by atoms with Gasteiger partial charge in [0, 0.05) is 11.9 Å². The SMILES string of the molecule is Brc1csc(NCC2CCCNC2)n1. The maximum atomic E-state index is 4.30. The Labute approximate surface area is 96.4 Å². The highest BCUT2D eigenvalue weighted by molar-refractivity contribution is 9.10. The molecule has 0 amide bonds. The quantitative estimate of drug-likeness (QED) is 0.889. The molecular formula is C9H14BrN3S. The van der Waals surface area contributed by atoms with E-state index in [1.807, 2.05) is 5.38 Å². The van der Waals surface area contributed by atoms with E-state index in [9.17, 15) is 0 Å². The number of anilines is 1. The molecule has 5 heteroatoms. The summed E-state index contributed by atoms with van der Waals surface area (Å²) in [5.41, 5.74) is 0. The van der Waals surface area contributed by atoms with E-state index in [1.54, 1.807) is 11.3 Å². The Morgan fingerprint density at radius 2 is 2.64 bits per heavy atom. The van der Waals surface area contributed by atoms with Crippen molar-refractivity contribution in [3.63, 3.8) is 0 Å². The first-order valence-electron chi connectivity index (χ1n) is 4.90. The van der Waals surface area contributed by atoms with E-state index in [-0.39, 0.29) is 0 Å². The van der Waals surface area contributed by atoms with Crippen LogP contribution in [0.5, 0.6) is 0 Å². The Morgan fingerprint density at radius 3 is 3.29 bits per heavy atom. The molecule has 78 valence electrons. The van der Waals surface area contributed by atoms with Crippen LogP contribution in [0, 0.1) is 5.92 Å². The molecule has 1 fully saturated rings. The molecule has 0 spiro atoms. The topological polar surface area (TPSA) is 37.0 Å². The summed E-state index contributed by atoms with van der Waals surface area (Å²) < 4.78 is 0.923. The molecule has 1 aliphatic rings. The number of piperidine rings is 1. The molecule has 0 aliphatic carbocycles. The maximum Gasteiger partial charge on any atom is 0.183 e. The summed E-state index contributed by atoms with van der Waals surface area (Å²) in [6, 6.07) is 0. The minimum atomic E-state index is 0.756. The minimum Gasteiger partial charge on any atom is -0.361 e. The van der Waals surface area contributed by atoms with E-state index < -0.39 is 0 Å². The molecule has 14 heavy (non-hydrogen) atoms. The van der Waals surface area contributed by atoms with Gasteiger partial charge in [0.05, 0.1) is 0 Å². The van der Waals surface area contributed by atoms with Gasteiger partial charge >= 0.3 is 0 Å². The number of nitrogens with one attached hydrogen (secondary N) is 2. The van der Waals surface area contributed by atoms with Gasteiger partial charge in [-0.05, 0) is 47.8 Å². The standard InChI is InChI=1S/C9H14BrN3S/c10-8-6-14-9(13-8)12-5-7-2-1-3-11-4-7/h6-7,11H,1-5H2,(H,12,13). The van der Waals surface area contributed by atoms with Gasteiger partial charge in [0.2, 0.25) is 0 Å². The third-order valence-electron chi connectivity index (χ3n) is 2.42. The third kappa shape index (κ3) is 2.93. The molecule has 1 aromatic rings. The van der Waals surface area contributed by atoms with Gasteiger partial charge < -0.3 is 10.6 Å². The van der Waals surface area contributed by atoms with Gasteiger partial charge in [0.25, 0.3) is 0 Å². The molecule has 0 aromatic carbocycles. The predicted molar refractivity (Wildman–Crippen MR) is 63.9 cm³/mol. The molecule has 3 nitrogen and oxygen atoms in total. The van der Waals surface area contributed by atoms with Crippen molar-refractivity contribution in [2.45, 2.75) is 12.8 Å².